The standard InChI is InChI=1S/C25H17NO2/c1-28-17-9-11-21-16(13-17)12-15-7-6-14-8-10-20-23(22(14)24(15)26-21)18-4-2-3-5-19(18)25(20)27/h2-5,8-13H,6-7H2,1H3. The van der Waals surface area contributed by atoms with Gasteiger partial charge in [0.1, 0.15) is 5.75 Å². The summed E-state index contributed by atoms with van der Waals surface area (Å²) in [6, 6.07) is 20.2. The molecule has 2 aliphatic rings. The highest BCUT2D eigenvalue weighted by atomic mass is 16.5. The smallest absolute Gasteiger partial charge is 0.194 e. The van der Waals surface area contributed by atoms with Gasteiger partial charge in [-0.25, -0.2) is 4.98 Å². The van der Waals surface area contributed by atoms with Gasteiger partial charge in [0.05, 0.1) is 18.3 Å². The number of pyridine rings is 1. The van der Waals surface area contributed by atoms with Gasteiger partial charge in [0.2, 0.25) is 0 Å². The summed E-state index contributed by atoms with van der Waals surface area (Å²) < 4.78 is 5.37. The molecule has 1 heterocycles. The lowest BCUT2D eigenvalue weighted by Crippen LogP contribution is -2.08. The van der Waals surface area contributed by atoms with Crippen LogP contribution in [0, 0.1) is 0 Å². The third-order valence-corrected chi connectivity index (χ3v) is 5.98. The van der Waals surface area contributed by atoms with Gasteiger partial charge in [-0.05, 0) is 53.8 Å². The summed E-state index contributed by atoms with van der Waals surface area (Å²) in [5, 5.41) is 1.09. The molecule has 0 saturated heterocycles. The molecule has 4 aromatic rings. The molecule has 6 rings (SSSR count). The van der Waals surface area contributed by atoms with Crippen molar-refractivity contribution < 1.29 is 9.53 Å². The van der Waals surface area contributed by atoms with Crippen LogP contribution in [0.4, 0.5) is 0 Å². The number of rotatable bonds is 1. The molecule has 0 bridgehead atoms. The molecule has 2 aliphatic carbocycles. The van der Waals surface area contributed by atoms with Gasteiger partial charge in [0, 0.05) is 27.6 Å². The molecular formula is C25H17NO2. The second kappa shape index (κ2) is 5.52. The van der Waals surface area contributed by atoms with Crippen LogP contribution < -0.4 is 4.74 Å². The topological polar surface area (TPSA) is 39.2 Å². The number of methoxy groups -OCH3 is 1. The Balaban J connectivity index is 1.68. The van der Waals surface area contributed by atoms with Gasteiger partial charge in [0.25, 0.3) is 0 Å². The average Bonchev–Trinajstić information content (AvgIpc) is 3.04. The van der Waals surface area contributed by atoms with Crippen molar-refractivity contribution in [3.05, 3.63) is 82.9 Å². The van der Waals surface area contributed by atoms with Crippen LogP contribution in [0.5, 0.6) is 5.75 Å². The maximum atomic E-state index is 12.9. The molecule has 0 aliphatic heterocycles. The van der Waals surface area contributed by atoms with Crippen molar-refractivity contribution >= 4 is 16.7 Å². The van der Waals surface area contributed by atoms with Crippen LogP contribution in [0.1, 0.15) is 27.0 Å². The zero-order valence-electron chi connectivity index (χ0n) is 15.5. The van der Waals surface area contributed by atoms with Crippen molar-refractivity contribution in [1.82, 2.24) is 4.98 Å². The van der Waals surface area contributed by atoms with Gasteiger partial charge in [-0.3, -0.25) is 4.79 Å². The third-order valence-electron chi connectivity index (χ3n) is 5.98. The highest BCUT2D eigenvalue weighted by molar-refractivity contribution is 6.24. The summed E-state index contributed by atoms with van der Waals surface area (Å²) in [4.78, 5) is 18.0. The molecule has 0 atom stereocenters. The minimum absolute atomic E-state index is 0.117. The summed E-state index contributed by atoms with van der Waals surface area (Å²) >= 11 is 0. The van der Waals surface area contributed by atoms with Crippen LogP contribution >= 0.6 is 0 Å². The molecule has 0 spiro atoms. The maximum absolute atomic E-state index is 12.9. The van der Waals surface area contributed by atoms with E-state index in [9.17, 15) is 4.79 Å². The molecule has 0 amide bonds. The number of carbonyl (C=O) groups excluding carboxylic acids is 1. The molecule has 0 radical (unpaired) electrons. The van der Waals surface area contributed by atoms with E-state index < -0.39 is 0 Å². The molecule has 0 saturated carbocycles. The minimum atomic E-state index is 0.117. The first-order valence-electron chi connectivity index (χ1n) is 9.52. The predicted molar refractivity (Wildman–Crippen MR) is 110 cm³/mol. The number of fused-ring (bicyclic) bond motifs is 8. The fraction of sp³-hybridized carbons (Fsp3) is 0.120. The lowest BCUT2D eigenvalue weighted by Gasteiger charge is -2.22. The Morgan fingerprint density at radius 1 is 0.821 bits per heavy atom. The highest BCUT2D eigenvalue weighted by Gasteiger charge is 2.32. The monoisotopic (exact) mass is 363 g/mol. The Morgan fingerprint density at radius 2 is 1.64 bits per heavy atom. The van der Waals surface area contributed by atoms with Gasteiger partial charge < -0.3 is 4.74 Å². The van der Waals surface area contributed by atoms with Crippen molar-refractivity contribution in [3.8, 4) is 28.1 Å². The maximum Gasteiger partial charge on any atom is 0.194 e. The van der Waals surface area contributed by atoms with E-state index in [0.717, 1.165) is 63.0 Å². The summed E-state index contributed by atoms with van der Waals surface area (Å²) in [6.07, 6.45) is 1.92. The van der Waals surface area contributed by atoms with Crippen LogP contribution in [0.25, 0.3) is 33.3 Å². The van der Waals surface area contributed by atoms with E-state index in [-0.39, 0.29) is 5.78 Å². The molecule has 0 unspecified atom stereocenters. The summed E-state index contributed by atoms with van der Waals surface area (Å²) in [7, 11) is 1.68. The number of carbonyl (C=O) groups is 1. The van der Waals surface area contributed by atoms with Crippen molar-refractivity contribution in [3.63, 3.8) is 0 Å². The number of benzene rings is 3. The zero-order valence-corrected chi connectivity index (χ0v) is 15.5. The third kappa shape index (κ3) is 1.99. The molecule has 3 aromatic carbocycles. The van der Waals surface area contributed by atoms with E-state index in [4.69, 9.17) is 9.72 Å². The zero-order chi connectivity index (χ0) is 18.8. The number of ether oxygens (including phenoxy) is 1. The summed E-state index contributed by atoms with van der Waals surface area (Å²) in [5.74, 6) is 0.955. The van der Waals surface area contributed by atoms with Gasteiger partial charge >= 0.3 is 0 Å². The molecule has 0 fully saturated rings. The number of hydrogen-bond acceptors (Lipinski definition) is 3. The van der Waals surface area contributed by atoms with Crippen LogP contribution in [0.2, 0.25) is 0 Å². The molecular weight excluding hydrogens is 346 g/mol. The normalized spacial score (nSPS) is 13.7. The van der Waals surface area contributed by atoms with Crippen molar-refractivity contribution in [1.29, 1.82) is 0 Å². The van der Waals surface area contributed by atoms with E-state index in [1.165, 1.54) is 11.1 Å². The van der Waals surface area contributed by atoms with Gasteiger partial charge in [-0.2, -0.15) is 0 Å². The number of nitrogens with zero attached hydrogens (tertiary/aromatic N) is 1. The number of ketones is 1. The lowest BCUT2D eigenvalue weighted by atomic mass is 9.83. The Kier molecular flexibility index (Phi) is 3.07. The molecule has 134 valence electrons. The van der Waals surface area contributed by atoms with Crippen molar-refractivity contribution in [2.45, 2.75) is 12.8 Å². The summed E-state index contributed by atoms with van der Waals surface area (Å²) in [5.41, 5.74) is 9.28. The van der Waals surface area contributed by atoms with Gasteiger partial charge in [0.15, 0.2) is 5.78 Å². The van der Waals surface area contributed by atoms with Crippen LogP contribution in [-0.4, -0.2) is 17.9 Å². The number of hydrogen-bond donors (Lipinski definition) is 0. The summed E-state index contributed by atoms with van der Waals surface area (Å²) in [6.45, 7) is 0. The second-order valence-corrected chi connectivity index (χ2v) is 7.45. The SMILES string of the molecule is COc1ccc2nc3c(cc2c1)CCc1ccc2c(c1-3)-c1ccccc1C2=O. The number of aryl methyl sites for hydroxylation is 2. The Morgan fingerprint density at radius 3 is 2.50 bits per heavy atom. The fourth-order valence-electron chi connectivity index (χ4n) is 4.64. The first-order valence-corrected chi connectivity index (χ1v) is 9.52. The Labute approximate surface area is 162 Å². The van der Waals surface area contributed by atoms with Crippen molar-refractivity contribution in [2.24, 2.45) is 0 Å². The quantitative estimate of drug-likeness (QED) is 0.410. The molecule has 3 heteroatoms. The Bertz CT molecular complexity index is 1320. The fourth-order valence-corrected chi connectivity index (χ4v) is 4.64. The highest BCUT2D eigenvalue weighted by Crippen LogP contribution is 2.47. The molecule has 0 N–H and O–H groups in total. The van der Waals surface area contributed by atoms with E-state index in [0.29, 0.717) is 0 Å². The van der Waals surface area contributed by atoms with E-state index in [1.54, 1.807) is 7.11 Å². The van der Waals surface area contributed by atoms with Crippen LogP contribution in [0.15, 0.2) is 60.7 Å². The molecule has 3 nitrogen and oxygen atoms in total. The predicted octanol–water partition coefficient (Wildman–Crippen LogP) is 5.22. The average molecular weight is 363 g/mol. The van der Waals surface area contributed by atoms with Gasteiger partial charge in [-0.15, -0.1) is 0 Å². The van der Waals surface area contributed by atoms with E-state index in [1.807, 2.05) is 42.5 Å². The largest absolute Gasteiger partial charge is 0.497 e. The Hall–Kier alpha value is -3.46. The van der Waals surface area contributed by atoms with Gasteiger partial charge in [-0.1, -0.05) is 36.4 Å². The van der Waals surface area contributed by atoms with Crippen molar-refractivity contribution in [2.75, 3.05) is 7.11 Å². The number of aromatic nitrogens is 1. The molecule has 1 aromatic heterocycles. The van der Waals surface area contributed by atoms with E-state index in [2.05, 4.69) is 18.2 Å². The molecule has 28 heavy (non-hydrogen) atoms. The van der Waals surface area contributed by atoms with E-state index >= 15 is 0 Å². The first kappa shape index (κ1) is 15.6. The lowest BCUT2D eigenvalue weighted by molar-refractivity contribution is 0.104. The van der Waals surface area contributed by atoms with Crippen LogP contribution in [-0.2, 0) is 12.8 Å². The first-order chi connectivity index (χ1) is 13.7. The minimum Gasteiger partial charge on any atom is -0.497 e. The second-order valence-electron chi connectivity index (χ2n) is 7.45. The van der Waals surface area contributed by atoms with Crippen LogP contribution in [0.3, 0.4) is 0 Å².